The lowest BCUT2D eigenvalue weighted by molar-refractivity contribution is 0.355. The van der Waals surface area contributed by atoms with Crippen LogP contribution < -0.4 is 5.73 Å². The quantitative estimate of drug-likeness (QED) is 0.788. The minimum Gasteiger partial charge on any atom is -0.327 e. The van der Waals surface area contributed by atoms with E-state index < -0.39 is 6.17 Å². The number of nitrogens with zero attached hydrogens (tertiary/aromatic N) is 1. The number of hydrogen-bond donors (Lipinski definition) is 1. The summed E-state index contributed by atoms with van der Waals surface area (Å²) in [5, 5.41) is 0.945. The van der Waals surface area contributed by atoms with E-state index in [4.69, 9.17) is 5.73 Å². The van der Waals surface area contributed by atoms with E-state index in [1.54, 1.807) is 12.3 Å². The van der Waals surface area contributed by atoms with Crippen molar-refractivity contribution in [2.45, 2.75) is 6.17 Å². The number of aromatic nitrogens is 1. The first-order valence-electron chi connectivity index (χ1n) is 4.50. The molecule has 0 bridgehead atoms. The van der Waals surface area contributed by atoms with Gasteiger partial charge in [0.15, 0.2) is 0 Å². The summed E-state index contributed by atoms with van der Waals surface area (Å²) in [6.45, 7) is -0.00428. The van der Waals surface area contributed by atoms with E-state index in [9.17, 15) is 4.39 Å². The first-order valence-corrected chi connectivity index (χ1v) is 4.50. The van der Waals surface area contributed by atoms with Crippen molar-refractivity contribution in [2.75, 3.05) is 6.54 Å². The number of benzene rings is 1. The van der Waals surface area contributed by atoms with Gasteiger partial charge < -0.3 is 5.73 Å². The summed E-state index contributed by atoms with van der Waals surface area (Å²) in [6.07, 6.45) is 0.531. The lowest BCUT2D eigenvalue weighted by Gasteiger charge is -2.07. The van der Waals surface area contributed by atoms with Gasteiger partial charge in [0.25, 0.3) is 0 Å². The van der Waals surface area contributed by atoms with Crippen molar-refractivity contribution in [3.8, 4) is 0 Å². The van der Waals surface area contributed by atoms with Crippen LogP contribution in [0.5, 0.6) is 0 Å². The third-order valence-corrected chi connectivity index (χ3v) is 2.21. The molecule has 0 aliphatic heterocycles. The highest BCUT2D eigenvalue weighted by Gasteiger charge is 2.11. The van der Waals surface area contributed by atoms with Gasteiger partial charge in [0.2, 0.25) is 0 Å². The van der Waals surface area contributed by atoms with Crippen molar-refractivity contribution in [3.05, 3.63) is 42.1 Å². The second-order valence-corrected chi connectivity index (χ2v) is 3.13. The minimum atomic E-state index is -1.13. The zero-order valence-corrected chi connectivity index (χ0v) is 7.65. The second-order valence-electron chi connectivity index (χ2n) is 3.13. The number of hydrogen-bond acceptors (Lipinski definition) is 2. The molecular weight excluding hydrogens is 179 g/mol. The maximum atomic E-state index is 13.4. The van der Waals surface area contributed by atoms with Crippen molar-refractivity contribution in [2.24, 2.45) is 5.73 Å². The molecule has 3 heteroatoms. The van der Waals surface area contributed by atoms with Gasteiger partial charge >= 0.3 is 0 Å². The molecule has 0 aliphatic rings. The van der Waals surface area contributed by atoms with Crippen molar-refractivity contribution < 1.29 is 4.39 Å². The normalized spacial score (nSPS) is 13.0. The molecule has 0 amide bonds. The summed E-state index contributed by atoms with van der Waals surface area (Å²) in [6, 6.07) is 9.21. The number of nitrogens with two attached hydrogens (primary N) is 1. The van der Waals surface area contributed by atoms with E-state index in [1.807, 2.05) is 24.3 Å². The number of para-hydroxylation sites is 1. The molecule has 0 saturated heterocycles. The third-order valence-electron chi connectivity index (χ3n) is 2.21. The Morgan fingerprint density at radius 1 is 1.29 bits per heavy atom. The van der Waals surface area contributed by atoms with Crippen molar-refractivity contribution in [1.29, 1.82) is 0 Å². The van der Waals surface area contributed by atoms with Crippen LogP contribution in [0.25, 0.3) is 10.9 Å². The predicted molar refractivity (Wildman–Crippen MR) is 54.6 cm³/mol. The molecule has 2 N–H and O–H groups in total. The largest absolute Gasteiger partial charge is 0.327 e. The Morgan fingerprint density at radius 2 is 2.07 bits per heavy atom. The summed E-state index contributed by atoms with van der Waals surface area (Å²) in [7, 11) is 0. The lowest BCUT2D eigenvalue weighted by Crippen LogP contribution is -2.08. The topological polar surface area (TPSA) is 38.9 Å². The van der Waals surface area contributed by atoms with Gasteiger partial charge in [-0.3, -0.25) is 4.98 Å². The molecule has 1 unspecified atom stereocenters. The van der Waals surface area contributed by atoms with Crippen LogP contribution >= 0.6 is 0 Å². The molecule has 0 aliphatic carbocycles. The second kappa shape index (κ2) is 3.72. The standard InChI is InChI=1S/C11H11FN2/c12-10(7-13)9-5-1-3-8-4-2-6-14-11(8)9/h1-6,10H,7,13H2. The van der Waals surface area contributed by atoms with Gasteiger partial charge in [-0.1, -0.05) is 24.3 Å². The molecule has 1 atom stereocenters. The van der Waals surface area contributed by atoms with Crippen LogP contribution in [0.15, 0.2) is 36.5 Å². The number of alkyl halides is 1. The molecule has 0 spiro atoms. The lowest BCUT2D eigenvalue weighted by atomic mass is 10.1. The van der Waals surface area contributed by atoms with Crippen molar-refractivity contribution in [1.82, 2.24) is 4.98 Å². The molecular formula is C11H11FN2. The Labute approximate surface area is 81.6 Å². The number of halogens is 1. The number of fused-ring (bicyclic) bond motifs is 1. The molecule has 14 heavy (non-hydrogen) atoms. The fourth-order valence-electron chi connectivity index (χ4n) is 1.51. The Bertz CT molecular complexity index is 437. The van der Waals surface area contributed by atoms with Gasteiger partial charge in [-0.2, -0.15) is 0 Å². The molecule has 0 saturated carbocycles. The molecule has 0 fully saturated rings. The fraction of sp³-hybridized carbons (Fsp3) is 0.182. The van der Waals surface area contributed by atoms with E-state index in [1.165, 1.54) is 0 Å². The van der Waals surface area contributed by atoms with E-state index in [-0.39, 0.29) is 6.54 Å². The average molecular weight is 190 g/mol. The summed E-state index contributed by atoms with van der Waals surface area (Å²) >= 11 is 0. The van der Waals surface area contributed by atoms with Gasteiger partial charge in [-0.25, -0.2) is 4.39 Å². The third kappa shape index (κ3) is 1.46. The molecule has 2 nitrogen and oxygen atoms in total. The van der Waals surface area contributed by atoms with Crippen LogP contribution in [-0.2, 0) is 0 Å². The maximum Gasteiger partial charge on any atom is 0.139 e. The Kier molecular flexibility index (Phi) is 2.41. The monoisotopic (exact) mass is 190 g/mol. The van der Waals surface area contributed by atoms with Crippen molar-refractivity contribution >= 4 is 10.9 Å². The van der Waals surface area contributed by atoms with Crippen molar-refractivity contribution in [3.63, 3.8) is 0 Å². The van der Waals surface area contributed by atoms with Crippen LogP contribution in [-0.4, -0.2) is 11.5 Å². The van der Waals surface area contributed by atoms with Crippen LogP contribution in [0, 0.1) is 0 Å². The highest BCUT2D eigenvalue weighted by Crippen LogP contribution is 2.23. The van der Waals surface area contributed by atoms with Gasteiger partial charge in [0, 0.05) is 23.7 Å². The summed E-state index contributed by atoms with van der Waals surface area (Å²) in [4.78, 5) is 4.15. The Hall–Kier alpha value is -1.48. The van der Waals surface area contributed by atoms with Gasteiger partial charge in [-0.15, -0.1) is 0 Å². The zero-order chi connectivity index (χ0) is 9.97. The van der Waals surface area contributed by atoms with Gasteiger partial charge in [0.1, 0.15) is 6.17 Å². The summed E-state index contributed by atoms with van der Waals surface area (Å²) in [5.41, 5.74) is 6.57. The van der Waals surface area contributed by atoms with E-state index in [0.29, 0.717) is 11.1 Å². The molecule has 0 radical (unpaired) electrons. The molecule has 2 aromatic rings. The molecule has 1 aromatic carbocycles. The van der Waals surface area contributed by atoms with Crippen LogP contribution in [0.3, 0.4) is 0 Å². The smallest absolute Gasteiger partial charge is 0.139 e. The van der Waals surface area contributed by atoms with E-state index >= 15 is 0 Å². The van der Waals surface area contributed by atoms with Crippen LogP contribution in [0.4, 0.5) is 4.39 Å². The molecule has 1 heterocycles. The highest BCUT2D eigenvalue weighted by molar-refractivity contribution is 5.81. The van der Waals surface area contributed by atoms with E-state index in [0.717, 1.165) is 5.39 Å². The summed E-state index contributed by atoms with van der Waals surface area (Å²) in [5.74, 6) is 0. The Balaban J connectivity index is 2.65. The van der Waals surface area contributed by atoms with Crippen LogP contribution in [0.1, 0.15) is 11.7 Å². The predicted octanol–water partition coefficient (Wildman–Crippen LogP) is 2.20. The molecule has 2 rings (SSSR count). The highest BCUT2D eigenvalue weighted by atomic mass is 19.1. The average Bonchev–Trinajstić information content (AvgIpc) is 2.27. The van der Waals surface area contributed by atoms with Gasteiger partial charge in [0.05, 0.1) is 5.52 Å². The van der Waals surface area contributed by atoms with Crippen LogP contribution in [0.2, 0.25) is 0 Å². The maximum absolute atomic E-state index is 13.4. The Morgan fingerprint density at radius 3 is 2.86 bits per heavy atom. The number of rotatable bonds is 2. The zero-order valence-electron chi connectivity index (χ0n) is 7.65. The summed E-state index contributed by atoms with van der Waals surface area (Å²) < 4.78 is 13.4. The fourth-order valence-corrected chi connectivity index (χ4v) is 1.51. The minimum absolute atomic E-state index is 0.00428. The van der Waals surface area contributed by atoms with Gasteiger partial charge in [-0.05, 0) is 6.07 Å². The SMILES string of the molecule is NCC(F)c1cccc2cccnc12. The first-order chi connectivity index (χ1) is 6.83. The first kappa shape index (κ1) is 9.09. The van der Waals surface area contributed by atoms with E-state index in [2.05, 4.69) is 4.98 Å². The molecule has 72 valence electrons. The molecule has 1 aromatic heterocycles. The number of pyridine rings is 1.